The zero-order chi connectivity index (χ0) is 31.1. The molecule has 3 aromatic carbocycles. The summed E-state index contributed by atoms with van der Waals surface area (Å²) in [5.41, 5.74) is 3.35. The minimum Gasteiger partial charge on any atom is -0.289 e. The molecule has 3 heterocycles. The number of sulfone groups is 1. The summed E-state index contributed by atoms with van der Waals surface area (Å²) in [7, 11) is -3.35. The van der Waals surface area contributed by atoms with Gasteiger partial charge in [-0.2, -0.15) is 30.0 Å². The van der Waals surface area contributed by atoms with Crippen molar-refractivity contribution >= 4 is 44.5 Å². The normalized spacial score (nSPS) is 16.3. The van der Waals surface area contributed by atoms with Crippen molar-refractivity contribution in [3.63, 3.8) is 0 Å². The highest BCUT2D eigenvalue weighted by Gasteiger charge is 2.31. The first-order valence-electron chi connectivity index (χ1n) is 13.7. The van der Waals surface area contributed by atoms with Crippen molar-refractivity contribution in [3.8, 4) is 26.7 Å². The summed E-state index contributed by atoms with van der Waals surface area (Å²) in [5.74, 6) is 1.68. The number of halogens is 4. The fourth-order valence-electron chi connectivity index (χ4n) is 5.24. The molecule has 0 N–H and O–H groups in total. The van der Waals surface area contributed by atoms with E-state index in [1.165, 1.54) is 17.6 Å². The largest absolute Gasteiger partial charge is 0.416 e. The molecule has 1 unspecified atom stereocenters. The van der Waals surface area contributed by atoms with Gasteiger partial charge >= 0.3 is 6.18 Å². The number of benzene rings is 3. The van der Waals surface area contributed by atoms with Gasteiger partial charge in [-0.25, -0.2) is 13.1 Å². The molecule has 6 rings (SSSR count). The van der Waals surface area contributed by atoms with Crippen LogP contribution in [0.15, 0.2) is 95.9 Å². The molecule has 1 saturated heterocycles. The van der Waals surface area contributed by atoms with E-state index in [9.17, 15) is 21.6 Å². The van der Waals surface area contributed by atoms with Crippen molar-refractivity contribution in [2.75, 3.05) is 24.3 Å². The highest BCUT2D eigenvalue weighted by molar-refractivity contribution is 7.99. The maximum atomic E-state index is 13.2. The topological polar surface area (TPSA) is 55.2 Å². The second-order valence-electron chi connectivity index (χ2n) is 10.5. The molecule has 0 radical (unpaired) electrons. The van der Waals surface area contributed by atoms with Crippen LogP contribution in [0.25, 0.3) is 26.7 Å². The number of hydrogen-bond donors (Lipinski definition) is 0. The molecule has 0 spiro atoms. The average molecular weight is 674 g/mol. The van der Waals surface area contributed by atoms with Crippen LogP contribution >= 0.6 is 34.7 Å². The lowest BCUT2D eigenvalue weighted by Crippen LogP contribution is -2.35. The van der Waals surface area contributed by atoms with Crippen LogP contribution < -0.4 is 0 Å². The number of aromatic nitrogens is 2. The van der Waals surface area contributed by atoms with Crippen LogP contribution in [0, 0.1) is 0 Å². The van der Waals surface area contributed by atoms with Crippen LogP contribution in [0.3, 0.4) is 0 Å². The van der Waals surface area contributed by atoms with Gasteiger partial charge in [0, 0.05) is 41.8 Å². The lowest BCUT2D eigenvalue weighted by molar-refractivity contribution is -0.137. The van der Waals surface area contributed by atoms with Crippen molar-refractivity contribution in [1.82, 2.24) is 14.7 Å². The molecule has 5 nitrogen and oxygen atoms in total. The Morgan fingerprint density at radius 3 is 2.43 bits per heavy atom. The van der Waals surface area contributed by atoms with E-state index in [2.05, 4.69) is 4.90 Å². The summed E-state index contributed by atoms with van der Waals surface area (Å²) < 4.78 is 65.6. The Kier molecular flexibility index (Phi) is 8.69. The number of rotatable bonds is 7. The Bertz CT molecular complexity index is 1900. The van der Waals surface area contributed by atoms with E-state index in [0.29, 0.717) is 11.6 Å². The molecule has 0 aliphatic carbocycles. The molecule has 1 atom stereocenters. The van der Waals surface area contributed by atoms with E-state index >= 15 is 0 Å². The Morgan fingerprint density at radius 2 is 1.70 bits per heavy atom. The molecule has 0 amide bonds. The SMILES string of the molecule is CS(=O)(=O)c1cccc(-c2ccc(-c3cc(CN4CCSCC4c4ccc(C(F)(F)F)cc4)nn3-c3ccccc3Cl)s2)c1. The van der Waals surface area contributed by atoms with Gasteiger partial charge in [-0.3, -0.25) is 4.90 Å². The van der Waals surface area contributed by atoms with Gasteiger partial charge in [-0.15, -0.1) is 11.3 Å². The molecular formula is C32H27ClF3N3O2S3. The van der Waals surface area contributed by atoms with E-state index in [0.717, 1.165) is 68.1 Å². The van der Waals surface area contributed by atoms with Crippen molar-refractivity contribution in [3.05, 3.63) is 113 Å². The molecule has 5 aromatic rings. The lowest BCUT2D eigenvalue weighted by atomic mass is 10.0. The molecule has 12 heteroatoms. The molecular weight excluding hydrogens is 647 g/mol. The van der Waals surface area contributed by atoms with Gasteiger partial charge in [0.05, 0.1) is 37.4 Å². The maximum Gasteiger partial charge on any atom is 0.416 e. The molecule has 0 bridgehead atoms. The molecule has 228 valence electrons. The molecule has 1 aliphatic rings. The summed E-state index contributed by atoms with van der Waals surface area (Å²) >= 11 is 9.93. The van der Waals surface area contributed by atoms with Gasteiger partial charge < -0.3 is 0 Å². The fraction of sp³-hybridized carbons (Fsp3) is 0.219. The fourth-order valence-corrected chi connectivity index (χ4v) is 8.28. The number of alkyl halides is 3. The molecule has 0 saturated carbocycles. The molecule has 1 aliphatic heterocycles. The van der Waals surface area contributed by atoms with Crippen molar-refractivity contribution < 1.29 is 21.6 Å². The van der Waals surface area contributed by atoms with Gasteiger partial charge in [-0.05, 0) is 65.7 Å². The zero-order valence-electron chi connectivity index (χ0n) is 23.5. The van der Waals surface area contributed by atoms with E-state index in [1.54, 1.807) is 48.2 Å². The van der Waals surface area contributed by atoms with Crippen LogP contribution in [-0.4, -0.2) is 47.4 Å². The minimum absolute atomic E-state index is 0.0552. The molecule has 1 fully saturated rings. The Labute approximate surface area is 267 Å². The lowest BCUT2D eigenvalue weighted by Gasteiger charge is -2.35. The third-order valence-electron chi connectivity index (χ3n) is 7.47. The van der Waals surface area contributed by atoms with E-state index in [-0.39, 0.29) is 10.9 Å². The highest BCUT2D eigenvalue weighted by atomic mass is 35.5. The smallest absolute Gasteiger partial charge is 0.289 e. The van der Waals surface area contributed by atoms with Crippen LogP contribution in [0.2, 0.25) is 5.02 Å². The first kappa shape index (κ1) is 30.9. The van der Waals surface area contributed by atoms with Crippen LogP contribution in [0.1, 0.15) is 22.9 Å². The molecule has 2 aromatic heterocycles. The Hall–Kier alpha value is -3.09. The Morgan fingerprint density at radius 1 is 0.955 bits per heavy atom. The quantitative estimate of drug-likeness (QED) is 0.173. The van der Waals surface area contributed by atoms with Gasteiger partial charge in [0.25, 0.3) is 0 Å². The summed E-state index contributed by atoms with van der Waals surface area (Å²) in [5, 5.41) is 5.52. The number of para-hydroxylation sites is 1. The maximum absolute atomic E-state index is 13.2. The van der Waals surface area contributed by atoms with E-state index in [1.807, 2.05) is 47.1 Å². The second kappa shape index (κ2) is 12.4. The van der Waals surface area contributed by atoms with Gasteiger partial charge in [0.2, 0.25) is 0 Å². The number of thiophene rings is 1. The predicted octanol–water partition coefficient (Wildman–Crippen LogP) is 8.63. The second-order valence-corrected chi connectivity index (χ2v) is 15.2. The minimum atomic E-state index is -4.38. The monoisotopic (exact) mass is 673 g/mol. The van der Waals surface area contributed by atoms with Crippen molar-refractivity contribution in [2.24, 2.45) is 0 Å². The standard InChI is InChI=1S/C32H27ClF3N3O2S3/c1-44(40,41)25-6-4-5-22(17-25)30-13-14-31(43-30)28-18-24(37-39(28)27-8-3-2-7-26(27)33)19-38-15-16-42-20-29(38)21-9-11-23(12-10-21)32(34,35)36/h2-14,17-18,29H,15-16,19-20H2,1H3. The summed E-state index contributed by atoms with van der Waals surface area (Å²) in [6, 6.07) is 25.7. The van der Waals surface area contributed by atoms with Crippen molar-refractivity contribution in [2.45, 2.75) is 23.7 Å². The zero-order valence-corrected chi connectivity index (χ0v) is 26.7. The first-order valence-corrected chi connectivity index (χ1v) is 17.9. The number of thioether (sulfide) groups is 1. The summed E-state index contributed by atoms with van der Waals surface area (Å²) in [6.07, 6.45) is -3.18. The molecule has 44 heavy (non-hydrogen) atoms. The van der Waals surface area contributed by atoms with Crippen LogP contribution in [-0.2, 0) is 22.6 Å². The predicted molar refractivity (Wildman–Crippen MR) is 172 cm³/mol. The van der Waals surface area contributed by atoms with Gasteiger partial charge in [-0.1, -0.05) is 48.0 Å². The summed E-state index contributed by atoms with van der Waals surface area (Å²) in [4.78, 5) is 4.36. The van der Waals surface area contributed by atoms with Crippen LogP contribution in [0.5, 0.6) is 0 Å². The van der Waals surface area contributed by atoms with Crippen molar-refractivity contribution in [1.29, 1.82) is 0 Å². The average Bonchev–Trinajstić information content (AvgIpc) is 3.65. The van der Waals surface area contributed by atoms with E-state index < -0.39 is 21.6 Å². The third kappa shape index (κ3) is 6.62. The Balaban J connectivity index is 1.35. The number of hydrogen-bond acceptors (Lipinski definition) is 6. The van der Waals surface area contributed by atoms with Gasteiger partial charge in [0.1, 0.15) is 0 Å². The van der Waals surface area contributed by atoms with Gasteiger partial charge in [0.15, 0.2) is 9.84 Å². The number of nitrogens with zero attached hydrogens (tertiary/aromatic N) is 3. The highest BCUT2D eigenvalue weighted by Crippen LogP contribution is 2.39. The first-order chi connectivity index (χ1) is 21.0. The summed E-state index contributed by atoms with van der Waals surface area (Å²) in [6.45, 7) is 1.27. The van der Waals surface area contributed by atoms with E-state index in [4.69, 9.17) is 16.7 Å². The third-order valence-corrected chi connectivity index (χ3v) is 11.1. The van der Waals surface area contributed by atoms with Crippen LogP contribution in [0.4, 0.5) is 13.2 Å².